The highest BCUT2D eigenvalue weighted by Gasteiger charge is 2.34. The number of carbonyl (C=O) groups excluding carboxylic acids is 1. The van der Waals surface area contributed by atoms with Gasteiger partial charge in [-0.1, -0.05) is 0 Å². The molecule has 12 heteroatoms. The predicted octanol–water partition coefficient (Wildman–Crippen LogP) is 4.91. The predicted molar refractivity (Wildman–Crippen MR) is 68.5 cm³/mol. The third-order valence-electron chi connectivity index (χ3n) is 3.08. The van der Waals surface area contributed by atoms with E-state index in [4.69, 9.17) is 0 Å². The second-order valence-electron chi connectivity index (χ2n) is 4.68. The van der Waals surface area contributed by atoms with Gasteiger partial charge in [0.15, 0.2) is 11.6 Å². The van der Waals surface area contributed by atoms with Gasteiger partial charge >= 0.3 is 5.97 Å². The minimum atomic E-state index is -2.62. The fourth-order valence-electron chi connectivity index (χ4n) is 1.86. The Morgan fingerprint density at radius 1 is 0.630 bits per heavy atom. The summed E-state index contributed by atoms with van der Waals surface area (Å²) in [5.74, 6) is -28.9. The summed E-state index contributed by atoms with van der Waals surface area (Å²) < 4.78 is 130. The maximum absolute atomic E-state index is 13.9. The molecule has 146 valence electrons. The summed E-state index contributed by atoms with van der Waals surface area (Å²) in [6, 6.07) is 0. The van der Waals surface area contributed by atoms with Crippen LogP contribution >= 0.6 is 0 Å². The number of ether oxygens (including phenoxy) is 2. The smallest absolute Gasteiger partial charge is 0.344 e. The molecule has 0 aliphatic rings. The van der Waals surface area contributed by atoms with E-state index in [0.29, 0.717) is 0 Å². The second kappa shape index (κ2) is 7.37. The zero-order valence-electron chi connectivity index (χ0n) is 12.8. The van der Waals surface area contributed by atoms with E-state index in [2.05, 4.69) is 9.47 Å². The highest BCUT2D eigenvalue weighted by Crippen LogP contribution is 2.37. The highest BCUT2D eigenvalue weighted by atomic mass is 19.2. The number of hydrogen-bond donors (Lipinski definition) is 0. The van der Waals surface area contributed by atoms with Gasteiger partial charge in [0, 0.05) is 0 Å². The van der Waals surface area contributed by atoms with Crippen LogP contribution in [0.15, 0.2) is 0 Å². The first kappa shape index (κ1) is 20.4. The first-order valence-electron chi connectivity index (χ1n) is 6.76. The molecule has 0 fully saturated rings. The Morgan fingerprint density at radius 3 is 1.33 bits per heavy atom. The second-order valence-corrected chi connectivity index (χ2v) is 4.68. The maximum Gasteiger partial charge on any atom is 0.344 e. The average Bonchev–Trinajstić information content (AvgIpc) is 2.63. The van der Waals surface area contributed by atoms with Crippen molar-refractivity contribution in [1.29, 1.82) is 0 Å². The van der Waals surface area contributed by atoms with Gasteiger partial charge in [-0.2, -0.15) is 17.6 Å². The number of halogens is 9. The van der Waals surface area contributed by atoms with Crippen LogP contribution in [0.25, 0.3) is 0 Å². The van der Waals surface area contributed by atoms with Crippen molar-refractivity contribution in [1.82, 2.24) is 0 Å². The Morgan fingerprint density at radius 2 is 0.963 bits per heavy atom. The van der Waals surface area contributed by atoms with E-state index in [1.165, 1.54) is 6.92 Å². The van der Waals surface area contributed by atoms with Crippen LogP contribution in [0.3, 0.4) is 0 Å². The summed E-state index contributed by atoms with van der Waals surface area (Å²) in [4.78, 5) is 11.4. The molecular weight excluding hydrogens is 399 g/mol. The molecule has 0 amide bonds. The van der Waals surface area contributed by atoms with Crippen LogP contribution < -0.4 is 4.74 Å². The zero-order valence-corrected chi connectivity index (χ0v) is 12.8. The number of hydrogen-bond acceptors (Lipinski definition) is 3. The van der Waals surface area contributed by atoms with Crippen LogP contribution in [-0.4, -0.2) is 12.6 Å². The van der Waals surface area contributed by atoms with Crippen molar-refractivity contribution in [2.45, 2.75) is 6.92 Å². The minimum Gasteiger partial charge on any atom is -0.462 e. The monoisotopic (exact) mass is 404 g/mol. The quantitative estimate of drug-likeness (QED) is 0.315. The Bertz CT molecular complexity index is 885. The largest absolute Gasteiger partial charge is 0.462 e. The molecule has 2 rings (SSSR count). The summed E-state index contributed by atoms with van der Waals surface area (Å²) in [7, 11) is 0. The summed E-state index contributed by atoms with van der Waals surface area (Å²) in [6.07, 6.45) is 0. The van der Waals surface area contributed by atoms with Crippen molar-refractivity contribution < 1.29 is 53.8 Å². The van der Waals surface area contributed by atoms with Gasteiger partial charge in [0.1, 0.15) is 5.56 Å². The first-order chi connectivity index (χ1) is 12.5. The Kier molecular flexibility index (Phi) is 5.56. The van der Waals surface area contributed by atoms with Gasteiger partial charge in [-0.05, 0) is 6.92 Å². The molecule has 2 aromatic carbocycles. The standard InChI is InChI=1S/C15H5F9O3/c1-2-26-15(25)3-4(16)9(21)13(10(22)5(3)17)27-14-11(23)7(19)6(18)8(20)12(14)24/h2H2,1H3. The number of esters is 1. The summed E-state index contributed by atoms with van der Waals surface area (Å²) in [6.45, 7) is 0.783. The van der Waals surface area contributed by atoms with E-state index in [9.17, 15) is 44.3 Å². The number of rotatable bonds is 4. The number of carbonyl (C=O) groups is 1. The Hall–Kier alpha value is -2.92. The molecule has 0 spiro atoms. The third-order valence-corrected chi connectivity index (χ3v) is 3.08. The molecule has 0 radical (unpaired) electrons. The Balaban J connectivity index is 2.68. The molecule has 2 aromatic rings. The summed E-state index contributed by atoms with van der Waals surface area (Å²) in [5.41, 5.74) is -1.82. The normalized spacial score (nSPS) is 10.9. The van der Waals surface area contributed by atoms with Crippen LogP contribution in [0.5, 0.6) is 11.5 Å². The van der Waals surface area contributed by atoms with Gasteiger partial charge in [-0.3, -0.25) is 0 Å². The van der Waals surface area contributed by atoms with Crippen molar-refractivity contribution >= 4 is 5.97 Å². The van der Waals surface area contributed by atoms with Crippen LogP contribution in [0.4, 0.5) is 39.5 Å². The molecule has 0 aliphatic carbocycles. The van der Waals surface area contributed by atoms with Gasteiger partial charge in [0.25, 0.3) is 0 Å². The topological polar surface area (TPSA) is 35.5 Å². The molecule has 3 nitrogen and oxygen atoms in total. The lowest BCUT2D eigenvalue weighted by molar-refractivity contribution is 0.0512. The maximum atomic E-state index is 13.9. The van der Waals surface area contributed by atoms with Crippen LogP contribution in [0, 0.1) is 52.4 Å². The van der Waals surface area contributed by atoms with E-state index in [1.54, 1.807) is 0 Å². The first-order valence-corrected chi connectivity index (χ1v) is 6.76. The molecule has 0 aliphatic heterocycles. The third kappa shape index (κ3) is 3.26. The van der Waals surface area contributed by atoms with E-state index in [1.807, 2.05) is 0 Å². The van der Waals surface area contributed by atoms with Crippen molar-refractivity contribution in [3.8, 4) is 11.5 Å². The van der Waals surface area contributed by atoms with Crippen molar-refractivity contribution in [2.75, 3.05) is 6.61 Å². The minimum absolute atomic E-state index is 0.427. The van der Waals surface area contributed by atoms with Gasteiger partial charge in [0.05, 0.1) is 6.61 Å². The molecule has 27 heavy (non-hydrogen) atoms. The lowest BCUT2D eigenvalue weighted by Gasteiger charge is -2.13. The average molecular weight is 404 g/mol. The SMILES string of the molecule is CCOC(=O)c1c(F)c(F)c(Oc2c(F)c(F)c(F)c(F)c2F)c(F)c1F. The molecule has 0 saturated heterocycles. The van der Waals surface area contributed by atoms with E-state index >= 15 is 0 Å². The summed E-state index contributed by atoms with van der Waals surface area (Å²) in [5, 5.41) is 0. The molecule has 0 heterocycles. The fraction of sp³-hybridized carbons (Fsp3) is 0.133. The van der Waals surface area contributed by atoms with Crippen LogP contribution in [-0.2, 0) is 4.74 Å². The van der Waals surface area contributed by atoms with Crippen molar-refractivity contribution in [3.63, 3.8) is 0 Å². The molecule has 0 atom stereocenters. The number of benzene rings is 2. The van der Waals surface area contributed by atoms with Gasteiger partial charge in [-0.25, -0.2) is 26.7 Å². The molecule has 0 saturated carbocycles. The van der Waals surface area contributed by atoms with Crippen molar-refractivity contribution in [3.05, 3.63) is 57.9 Å². The van der Waals surface area contributed by atoms with Gasteiger partial charge in [-0.15, -0.1) is 0 Å². The zero-order chi connectivity index (χ0) is 20.6. The van der Waals surface area contributed by atoms with Gasteiger partial charge in [0.2, 0.25) is 52.2 Å². The van der Waals surface area contributed by atoms with E-state index in [-0.39, 0.29) is 0 Å². The molecular formula is C15H5F9O3. The molecule has 0 unspecified atom stereocenters. The lowest BCUT2D eigenvalue weighted by atomic mass is 10.1. The molecule has 0 bridgehead atoms. The molecule has 0 N–H and O–H groups in total. The molecule has 0 aromatic heterocycles. The van der Waals surface area contributed by atoms with Crippen LogP contribution in [0.2, 0.25) is 0 Å². The van der Waals surface area contributed by atoms with Gasteiger partial charge < -0.3 is 9.47 Å². The fourth-order valence-corrected chi connectivity index (χ4v) is 1.86. The Labute approximate surface area is 143 Å². The van der Waals surface area contributed by atoms with E-state index < -0.39 is 82.0 Å². The van der Waals surface area contributed by atoms with Crippen molar-refractivity contribution in [2.24, 2.45) is 0 Å². The van der Waals surface area contributed by atoms with E-state index in [0.717, 1.165) is 0 Å². The summed E-state index contributed by atoms with van der Waals surface area (Å²) >= 11 is 0. The highest BCUT2D eigenvalue weighted by molar-refractivity contribution is 5.90. The lowest BCUT2D eigenvalue weighted by Crippen LogP contribution is -2.15. The van der Waals surface area contributed by atoms with Crippen LogP contribution in [0.1, 0.15) is 17.3 Å².